The predicted molar refractivity (Wildman–Crippen MR) is 68.5 cm³/mol. The number of alkyl halides is 11. The molecule has 0 heterocycles. The molecule has 0 aliphatic carbocycles. The molecule has 0 unspecified atom stereocenters. The van der Waals surface area contributed by atoms with E-state index in [0.29, 0.717) is 0 Å². The van der Waals surface area contributed by atoms with Crippen LogP contribution in [-0.4, -0.2) is 29.6 Å². The number of allylic oxidation sites excluding steroid dienone is 2. The van der Waals surface area contributed by atoms with Crippen LogP contribution in [0, 0.1) is 0 Å². The highest BCUT2D eigenvalue weighted by Gasteiger charge is 2.66. The molecule has 0 atom stereocenters. The van der Waals surface area contributed by atoms with E-state index in [4.69, 9.17) is 0 Å². The molecule has 0 radical (unpaired) electrons. The number of halogens is 11. The average Bonchev–Trinajstić information content (AvgIpc) is 2.43. The molecule has 0 fully saturated rings. The third-order valence-corrected chi connectivity index (χ3v) is 3.73. The summed E-state index contributed by atoms with van der Waals surface area (Å²) in [5, 5.41) is -1.85. The van der Waals surface area contributed by atoms with Gasteiger partial charge >= 0.3 is 24.5 Å². The molecule has 0 amide bonds. The third kappa shape index (κ3) is 4.89. The first-order valence-corrected chi connectivity index (χ1v) is 6.92. The molecular formula is C13H5F11OS. The molecule has 13 heteroatoms. The van der Waals surface area contributed by atoms with Crippen LogP contribution in [0.3, 0.4) is 0 Å². The lowest BCUT2D eigenvalue weighted by molar-refractivity contribution is -0.264. The van der Waals surface area contributed by atoms with Gasteiger partial charge in [-0.05, 0) is 11.8 Å². The van der Waals surface area contributed by atoms with Crippen molar-refractivity contribution >= 4 is 16.9 Å². The molecular weight excluding hydrogens is 413 g/mol. The Labute approximate surface area is 141 Å². The van der Waals surface area contributed by atoms with Gasteiger partial charge in [0.25, 0.3) is 0 Å². The summed E-state index contributed by atoms with van der Waals surface area (Å²) in [5.74, 6) is -6.57. The molecule has 1 aromatic carbocycles. The number of hydrogen-bond donors (Lipinski definition) is 0. The molecule has 1 nitrogen and oxygen atoms in total. The Morgan fingerprint density at radius 1 is 0.731 bits per heavy atom. The molecule has 0 aliphatic rings. The summed E-state index contributed by atoms with van der Waals surface area (Å²) in [6, 6.07) is 5.06. The second-order valence-electron chi connectivity index (χ2n) is 4.53. The number of benzene rings is 1. The van der Waals surface area contributed by atoms with Crippen LogP contribution in [0.15, 0.2) is 40.8 Å². The maximum absolute atomic E-state index is 13.4. The molecule has 0 aromatic heterocycles. The molecule has 0 spiro atoms. The van der Waals surface area contributed by atoms with Gasteiger partial charge in [-0.3, -0.25) is 4.79 Å². The third-order valence-electron chi connectivity index (χ3n) is 2.64. The van der Waals surface area contributed by atoms with Crippen LogP contribution in [0.1, 0.15) is 10.4 Å². The first kappa shape index (κ1) is 22.3. The summed E-state index contributed by atoms with van der Waals surface area (Å²) in [4.78, 5) is 8.19. The largest absolute Gasteiger partial charge is 0.458 e. The molecule has 0 aliphatic heterocycles. The van der Waals surface area contributed by atoms with Gasteiger partial charge in [0, 0.05) is 5.56 Å². The summed E-state index contributed by atoms with van der Waals surface area (Å²) in [5.41, 5.74) is -4.77. The highest BCUT2D eigenvalue weighted by atomic mass is 32.2. The van der Waals surface area contributed by atoms with Gasteiger partial charge in [0.1, 0.15) is 0 Å². The highest BCUT2D eigenvalue weighted by molar-refractivity contribution is 8.17. The normalized spacial score (nSPS) is 13.5. The van der Waals surface area contributed by atoms with Crippen molar-refractivity contribution in [2.75, 3.05) is 0 Å². The second-order valence-corrected chi connectivity index (χ2v) is 5.51. The van der Waals surface area contributed by atoms with Crippen molar-refractivity contribution in [3.05, 3.63) is 46.4 Å². The maximum Gasteiger partial charge on any atom is 0.458 e. The Hall–Kier alpha value is -1.79. The minimum Gasteiger partial charge on any atom is -0.281 e. The lowest BCUT2D eigenvalue weighted by Crippen LogP contribution is -2.42. The number of thioether (sulfide) groups is 1. The number of carbonyl (C=O) groups excluding carboxylic acids is 1. The molecule has 0 bridgehead atoms. The summed E-state index contributed by atoms with van der Waals surface area (Å²) in [6.45, 7) is 0. The number of hydrogen-bond acceptors (Lipinski definition) is 2. The standard InChI is InChI=1S/C13H5F11OS/c14-10(15,13(22,23)24)8(7(11(16,17)18)12(19,20)21)26-9(25)6-4-2-1-3-5-6/h1-5H. The fourth-order valence-electron chi connectivity index (χ4n) is 1.54. The molecule has 0 N–H and O–H groups in total. The first-order valence-electron chi connectivity index (χ1n) is 6.10. The Morgan fingerprint density at radius 2 is 1.15 bits per heavy atom. The minimum absolute atomic E-state index is 0.670. The SMILES string of the molecule is O=C(SC(=C(C(F)(F)F)C(F)(F)F)C(F)(F)C(F)(F)F)c1ccccc1. The number of rotatable bonds is 3. The first-order chi connectivity index (χ1) is 11.5. The smallest absolute Gasteiger partial charge is 0.281 e. The van der Waals surface area contributed by atoms with Crippen LogP contribution < -0.4 is 0 Å². The highest BCUT2D eigenvalue weighted by Crippen LogP contribution is 2.53. The van der Waals surface area contributed by atoms with E-state index in [-0.39, 0.29) is 0 Å². The Morgan fingerprint density at radius 3 is 1.50 bits per heavy atom. The Bertz CT molecular complexity index is 667. The molecule has 1 rings (SSSR count). The van der Waals surface area contributed by atoms with Crippen LogP contribution in [0.5, 0.6) is 0 Å². The van der Waals surface area contributed by atoms with Crippen molar-refractivity contribution in [2.24, 2.45) is 0 Å². The summed E-state index contributed by atoms with van der Waals surface area (Å²) in [7, 11) is 0. The minimum atomic E-state index is -6.80. The zero-order chi connectivity index (χ0) is 20.6. The average molecular weight is 418 g/mol. The van der Waals surface area contributed by atoms with E-state index < -0.39 is 57.4 Å². The van der Waals surface area contributed by atoms with Gasteiger partial charge < -0.3 is 0 Å². The van der Waals surface area contributed by atoms with E-state index in [2.05, 4.69) is 0 Å². The van der Waals surface area contributed by atoms with Gasteiger partial charge in [0.05, 0.1) is 4.91 Å². The van der Waals surface area contributed by atoms with Gasteiger partial charge in [-0.25, -0.2) is 0 Å². The van der Waals surface area contributed by atoms with Crippen molar-refractivity contribution in [1.29, 1.82) is 0 Å². The van der Waals surface area contributed by atoms with E-state index in [9.17, 15) is 53.1 Å². The molecule has 0 saturated carbocycles. The van der Waals surface area contributed by atoms with Crippen molar-refractivity contribution in [2.45, 2.75) is 24.5 Å². The summed E-state index contributed by atoms with van der Waals surface area (Å²) >= 11 is -1.48. The van der Waals surface area contributed by atoms with Gasteiger partial charge in [0.15, 0.2) is 5.57 Å². The van der Waals surface area contributed by atoms with E-state index >= 15 is 0 Å². The molecule has 1 aromatic rings. The van der Waals surface area contributed by atoms with Crippen LogP contribution in [0.4, 0.5) is 48.3 Å². The van der Waals surface area contributed by atoms with Crippen molar-refractivity contribution in [3.8, 4) is 0 Å². The van der Waals surface area contributed by atoms with Crippen LogP contribution in [0.2, 0.25) is 0 Å². The van der Waals surface area contributed by atoms with Gasteiger partial charge in [-0.2, -0.15) is 48.3 Å². The quantitative estimate of drug-likeness (QED) is 0.549. The molecule has 0 saturated heterocycles. The summed E-state index contributed by atoms with van der Waals surface area (Å²) in [6.07, 6.45) is -20.0. The van der Waals surface area contributed by atoms with Crippen LogP contribution in [0.25, 0.3) is 0 Å². The monoisotopic (exact) mass is 418 g/mol. The van der Waals surface area contributed by atoms with Crippen molar-refractivity contribution in [1.82, 2.24) is 0 Å². The van der Waals surface area contributed by atoms with Crippen molar-refractivity contribution < 1.29 is 53.1 Å². The lowest BCUT2D eigenvalue weighted by atomic mass is 10.1. The predicted octanol–water partition coefficient (Wildman–Crippen LogP) is 6.14. The molecule has 146 valence electrons. The fraction of sp³-hybridized carbons (Fsp3) is 0.308. The van der Waals surface area contributed by atoms with E-state index in [1.165, 1.54) is 6.07 Å². The molecule has 26 heavy (non-hydrogen) atoms. The van der Waals surface area contributed by atoms with E-state index in [1.807, 2.05) is 0 Å². The second kappa shape index (κ2) is 7.08. The van der Waals surface area contributed by atoms with Crippen LogP contribution >= 0.6 is 11.8 Å². The zero-order valence-electron chi connectivity index (χ0n) is 11.9. The van der Waals surface area contributed by atoms with Gasteiger partial charge in [0.2, 0.25) is 5.12 Å². The van der Waals surface area contributed by atoms with Gasteiger partial charge in [-0.15, -0.1) is 0 Å². The number of carbonyl (C=O) groups is 1. The van der Waals surface area contributed by atoms with E-state index in [0.717, 1.165) is 24.3 Å². The Balaban J connectivity index is 3.68. The Kier molecular flexibility index (Phi) is 6.06. The fourth-order valence-corrected chi connectivity index (χ4v) is 2.56. The topological polar surface area (TPSA) is 17.1 Å². The van der Waals surface area contributed by atoms with Crippen LogP contribution in [-0.2, 0) is 0 Å². The van der Waals surface area contributed by atoms with E-state index in [1.54, 1.807) is 0 Å². The lowest BCUT2D eigenvalue weighted by Gasteiger charge is -2.26. The van der Waals surface area contributed by atoms with Crippen molar-refractivity contribution in [3.63, 3.8) is 0 Å². The summed E-state index contributed by atoms with van der Waals surface area (Å²) < 4.78 is 140. The maximum atomic E-state index is 13.4. The zero-order valence-corrected chi connectivity index (χ0v) is 12.7. The van der Waals surface area contributed by atoms with Gasteiger partial charge in [-0.1, -0.05) is 30.3 Å².